The average Bonchev–Trinajstić information content (AvgIpc) is 2.68. The Labute approximate surface area is 119 Å². The zero-order valence-electron chi connectivity index (χ0n) is 10.6. The fraction of sp³-hybridized carbons (Fsp3) is 0.556. The molecule has 1 aromatic rings. The van der Waals surface area contributed by atoms with Crippen molar-refractivity contribution in [3.8, 4) is 0 Å². The molecule has 0 radical (unpaired) electrons. The van der Waals surface area contributed by atoms with E-state index >= 15 is 0 Å². The van der Waals surface area contributed by atoms with E-state index in [1.165, 1.54) is 12.3 Å². The van der Waals surface area contributed by atoms with Crippen LogP contribution in [0.1, 0.15) is 6.23 Å². The van der Waals surface area contributed by atoms with Crippen LogP contribution in [0.3, 0.4) is 0 Å². The van der Waals surface area contributed by atoms with Gasteiger partial charge in [0.05, 0.1) is 6.61 Å². The maximum Gasteiger partial charge on any atom is 0.695 e. The molecular weight excluding hydrogens is 307 g/mol. The first-order valence-corrected chi connectivity index (χ1v) is 6.90. The van der Waals surface area contributed by atoms with E-state index in [9.17, 15) is 14.5 Å². The Morgan fingerprint density at radius 1 is 1.57 bits per heavy atom. The molecule has 12 heteroatoms. The fourth-order valence-electron chi connectivity index (χ4n) is 2.03. The topological polar surface area (TPSA) is 172 Å². The smallest absolute Gasteiger partial charge is 0.385 e. The van der Waals surface area contributed by atoms with E-state index in [-0.39, 0.29) is 12.4 Å². The zero-order valence-corrected chi connectivity index (χ0v) is 11.5. The van der Waals surface area contributed by atoms with Crippen molar-refractivity contribution in [2.45, 2.75) is 24.5 Å². The Bertz CT molecular complexity index is 581. The van der Waals surface area contributed by atoms with Crippen LogP contribution in [0, 0.1) is 0 Å². The molecule has 0 saturated carbocycles. The third kappa shape index (κ3) is 3.41. The number of nitrogens with two attached hydrogens (primary N) is 2. The van der Waals surface area contributed by atoms with Crippen LogP contribution in [0.2, 0.25) is 0 Å². The average molecular weight is 321 g/mol. The molecule has 1 saturated heterocycles. The van der Waals surface area contributed by atoms with E-state index in [1.807, 2.05) is 0 Å². The van der Waals surface area contributed by atoms with E-state index in [1.54, 1.807) is 0 Å². The molecule has 116 valence electrons. The van der Waals surface area contributed by atoms with Crippen LogP contribution in [-0.2, 0) is 18.7 Å². The molecule has 0 amide bonds. The molecule has 0 bridgehead atoms. The van der Waals surface area contributed by atoms with Crippen LogP contribution in [0.4, 0.5) is 5.82 Å². The SMILES string of the molecule is NOC[C@H]1O[C@@H](n2ccc(N)nc2=O)[C@H](O)[C@@H]1O[P+](=O)O. The maximum absolute atomic E-state index is 11.7. The summed E-state index contributed by atoms with van der Waals surface area (Å²) in [6, 6.07) is 1.34. The Morgan fingerprint density at radius 2 is 2.29 bits per heavy atom. The van der Waals surface area contributed by atoms with Crippen LogP contribution in [-0.4, -0.2) is 44.5 Å². The highest BCUT2D eigenvalue weighted by molar-refractivity contribution is 7.32. The molecule has 0 aliphatic carbocycles. The second kappa shape index (κ2) is 6.54. The quantitative estimate of drug-likeness (QED) is 0.351. The number of anilines is 1. The summed E-state index contributed by atoms with van der Waals surface area (Å²) in [6.07, 6.45) is -3.44. The van der Waals surface area contributed by atoms with Gasteiger partial charge in [0.25, 0.3) is 0 Å². The molecule has 6 N–H and O–H groups in total. The molecule has 5 atom stereocenters. The Hall–Kier alpha value is -1.46. The number of rotatable bonds is 5. The van der Waals surface area contributed by atoms with Crippen molar-refractivity contribution < 1.29 is 28.7 Å². The molecule has 0 aromatic carbocycles. The minimum Gasteiger partial charge on any atom is -0.385 e. The van der Waals surface area contributed by atoms with Crippen molar-refractivity contribution in [3.63, 3.8) is 0 Å². The number of aliphatic hydroxyl groups excluding tert-OH is 1. The molecule has 21 heavy (non-hydrogen) atoms. The normalized spacial score (nSPS) is 29.6. The van der Waals surface area contributed by atoms with Gasteiger partial charge in [-0.1, -0.05) is 0 Å². The van der Waals surface area contributed by atoms with Crippen molar-refractivity contribution in [2.75, 3.05) is 12.3 Å². The van der Waals surface area contributed by atoms with Gasteiger partial charge in [0, 0.05) is 10.8 Å². The highest BCUT2D eigenvalue weighted by Crippen LogP contribution is 2.35. The number of hydrogen-bond acceptors (Lipinski definition) is 9. The number of ether oxygens (including phenoxy) is 1. The summed E-state index contributed by atoms with van der Waals surface area (Å²) in [5.41, 5.74) is 4.62. The number of hydrogen-bond donors (Lipinski definition) is 4. The highest BCUT2D eigenvalue weighted by atomic mass is 31.1. The van der Waals surface area contributed by atoms with Gasteiger partial charge in [-0.25, -0.2) is 10.7 Å². The van der Waals surface area contributed by atoms with Crippen LogP contribution in [0.15, 0.2) is 17.1 Å². The number of aromatic nitrogens is 2. The van der Waals surface area contributed by atoms with Gasteiger partial charge in [0.1, 0.15) is 18.0 Å². The Balaban J connectivity index is 2.28. The number of aliphatic hydroxyl groups is 1. The second-order valence-corrected chi connectivity index (χ2v) is 4.93. The first-order valence-electron chi connectivity index (χ1n) is 5.77. The van der Waals surface area contributed by atoms with Gasteiger partial charge in [0.2, 0.25) is 0 Å². The predicted molar refractivity (Wildman–Crippen MR) is 67.7 cm³/mol. The lowest BCUT2D eigenvalue weighted by atomic mass is 10.1. The molecule has 0 spiro atoms. The lowest BCUT2D eigenvalue weighted by molar-refractivity contribution is -0.0677. The van der Waals surface area contributed by atoms with Crippen molar-refractivity contribution in [1.82, 2.24) is 9.55 Å². The van der Waals surface area contributed by atoms with E-state index in [4.69, 9.17) is 25.8 Å². The minimum atomic E-state index is -2.99. The lowest BCUT2D eigenvalue weighted by Gasteiger charge is -2.16. The second-order valence-electron chi connectivity index (χ2n) is 4.24. The summed E-state index contributed by atoms with van der Waals surface area (Å²) >= 11 is 0. The van der Waals surface area contributed by atoms with Crippen molar-refractivity contribution >= 4 is 14.1 Å². The zero-order chi connectivity index (χ0) is 15.6. The first-order chi connectivity index (χ1) is 9.93. The van der Waals surface area contributed by atoms with Crippen LogP contribution < -0.4 is 17.3 Å². The van der Waals surface area contributed by atoms with Crippen LogP contribution >= 0.6 is 8.25 Å². The van der Waals surface area contributed by atoms with Crippen LogP contribution in [0.25, 0.3) is 0 Å². The van der Waals surface area contributed by atoms with Crippen molar-refractivity contribution in [3.05, 3.63) is 22.7 Å². The van der Waals surface area contributed by atoms with Crippen molar-refractivity contribution in [1.29, 1.82) is 0 Å². The summed E-state index contributed by atoms with van der Waals surface area (Å²) in [7, 11) is -2.99. The molecule has 2 heterocycles. The highest BCUT2D eigenvalue weighted by Gasteiger charge is 2.50. The summed E-state index contributed by atoms with van der Waals surface area (Å²) in [6.45, 7) is -0.210. The van der Waals surface area contributed by atoms with Crippen molar-refractivity contribution in [2.24, 2.45) is 5.90 Å². The van der Waals surface area contributed by atoms with E-state index in [0.717, 1.165) is 4.57 Å². The third-order valence-electron chi connectivity index (χ3n) is 2.91. The van der Waals surface area contributed by atoms with Gasteiger partial charge in [-0.3, -0.25) is 4.57 Å². The first kappa shape index (κ1) is 15.9. The summed E-state index contributed by atoms with van der Waals surface area (Å²) in [4.78, 5) is 28.5. The number of nitrogens with zero attached hydrogens (tertiary/aromatic N) is 2. The van der Waals surface area contributed by atoms with E-state index in [0.29, 0.717) is 0 Å². The molecule has 1 fully saturated rings. The summed E-state index contributed by atoms with van der Waals surface area (Å²) in [5, 5.41) is 10.1. The van der Waals surface area contributed by atoms with Gasteiger partial charge in [-0.2, -0.15) is 4.98 Å². The molecule has 1 aliphatic rings. The molecule has 2 rings (SSSR count). The molecule has 1 aromatic heterocycles. The molecule has 1 aliphatic heterocycles. The molecular formula is C9H14N4O7P+. The van der Waals surface area contributed by atoms with Gasteiger partial charge >= 0.3 is 13.9 Å². The largest absolute Gasteiger partial charge is 0.695 e. The minimum absolute atomic E-state index is 0.0109. The molecule has 1 unspecified atom stereocenters. The Morgan fingerprint density at radius 3 is 2.86 bits per heavy atom. The summed E-state index contributed by atoms with van der Waals surface area (Å²) < 4.78 is 21.9. The third-order valence-corrected chi connectivity index (χ3v) is 3.33. The van der Waals surface area contributed by atoms with E-state index in [2.05, 4.69) is 9.82 Å². The maximum atomic E-state index is 11.7. The monoisotopic (exact) mass is 321 g/mol. The standard InChI is InChI=1S/C9H13N4O7P/c10-5-1-2-13(9(15)12-5)8-6(14)7(20-21(16)17)4(19-8)3-18-11/h1-2,4,6-8,14H,3,11H2,(H2-,10,12,15,16,17)/p+1/t4-,6-,7-,8-/m1/s1. The van der Waals surface area contributed by atoms with Gasteiger partial charge in [0.15, 0.2) is 12.3 Å². The summed E-state index contributed by atoms with van der Waals surface area (Å²) in [5.74, 6) is 4.94. The van der Waals surface area contributed by atoms with E-state index < -0.39 is 38.5 Å². The Kier molecular flexibility index (Phi) is 4.96. The fourth-order valence-corrected chi connectivity index (χ4v) is 2.50. The lowest BCUT2D eigenvalue weighted by Crippen LogP contribution is -2.37. The number of nitrogen functional groups attached to an aromatic ring is 1. The van der Waals surface area contributed by atoms with Gasteiger partial charge in [-0.15, -0.1) is 9.42 Å². The van der Waals surface area contributed by atoms with Gasteiger partial charge in [-0.05, 0) is 6.07 Å². The molecule has 11 nitrogen and oxygen atoms in total. The van der Waals surface area contributed by atoms with Gasteiger partial charge < -0.3 is 20.4 Å². The predicted octanol–water partition coefficient (Wildman–Crippen LogP) is -1.99. The van der Waals surface area contributed by atoms with Crippen LogP contribution in [0.5, 0.6) is 0 Å².